The van der Waals surface area contributed by atoms with Crippen molar-refractivity contribution in [2.45, 2.75) is 13.3 Å². The molecule has 4 nitrogen and oxygen atoms in total. The van der Waals surface area contributed by atoms with Crippen molar-refractivity contribution in [3.63, 3.8) is 0 Å². The fourth-order valence-electron chi connectivity index (χ4n) is 2.77. The van der Waals surface area contributed by atoms with Gasteiger partial charge in [0.25, 0.3) is 0 Å². The lowest BCUT2D eigenvalue weighted by molar-refractivity contribution is 0.398. The van der Waals surface area contributed by atoms with E-state index < -0.39 is 0 Å². The van der Waals surface area contributed by atoms with Crippen molar-refractivity contribution in [2.75, 3.05) is 24.3 Å². The second kappa shape index (κ2) is 5.04. The van der Waals surface area contributed by atoms with Gasteiger partial charge in [0.15, 0.2) is 5.82 Å². The molecule has 0 saturated heterocycles. The summed E-state index contributed by atoms with van der Waals surface area (Å²) in [6.07, 6.45) is 1.09. The number of benzene rings is 1. The van der Waals surface area contributed by atoms with Crippen LogP contribution in [0.4, 0.5) is 17.2 Å². The topological polar surface area (TPSA) is 51.4 Å². The molecule has 0 aliphatic carbocycles. The predicted molar refractivity (Wildman–Crippen MR) is 81.5 cm³/mol. The van der Waals surface area contributed by atoms with Gasteiger partial charge < -0.3 is 15.4 Å². The van der Waals surface area contributed by atoms with Gasteiger partial charge in [-0.15, -0.1) is 0 Å². The molecule has 1 atom stereocenters. The van der Waals surface area contributed by atoms with E-state index in [9.17, 15) is 0 Å². The molecule has 1 unspecified atom stereocenters. The van der Waals surface area contributed by atoms with Crippen LogP contribution in [0.25, 0.3) is 0 Å². The fourth-order valence-corrected chi connectivity index (χ4v) is 2.77. The van der Waals surface area contributed by atoms with Crippen LogP contribution in [0.5, 0.6) is 5.88 Å². The number of methoxy groups -OCH3 is 1. The van der Waals surface area contributed by atoms with Gasteiger partial charge in [-0.25, -0.2) is 0 Å². The van der Waals surface area contributed by atoms with E-state index in [1.807, 2.05) is 6.07 Å². The van der Waals surface area contributed by atoms with E-state index >= 15 is 0 Å². The van der Waals surface area contributed by atoms with Crippen LogP contribution in [-0.2, 0) is 6.42 Å². The molecule has 0 saturated carbocycles. The van der Waals surface area contributed by atoms with Crippen LogP contribution in [0.15, 0.2) is 36.4 Å². The second-order valence-electron chi connectivity index (χ2n) is 5.32. The molecular weight excluding hydrogens is 250 g/mol. The first kappa shape index (κ1) is 12.8. The number of fused-ring (bicyclic) bond motifs is 1. The monoisotopic (exact) mass is 269 g/mol. The van der Waals surface area contributed by atoms with Crippen LogP contribution < -0.4 is 15.4 Å². The number of nitrogen functional groups attached to an aromatic ring is 1. The zero-order chi connectivity index (χ0) is 14.1. The molecule has 20 heavy (non-hydrogen) atoms. The maximum atomic E-state index is 6.12. The molecule has 4 heteroatoms. The van der Waals surface area contributed by atoms with Crippen LogP contribution in [0.3, 0.4) is 0 Å². The number of ether oxygens (including phenoxy) is 1. The number of para-hydroxylation sites is 1. The molecule has 0 fully saturated rings. The maximum absolute atomic E-state index is 6.12. The van der Waals surface area contributed by atoms with Gasteiger partial charge in [0.1, 0.15) is 0 Å². The Morgan fingerprint density at radius 2 is 2.05 bits per heavy atom. The number of hydrogen-bond acceptors (Lipinski definition) is 4. The zero-order valence-electron chi connectivity index (χ0n) is 11.8. The van der Waals surface area contributed by atoms with Crippen LogP contribution in [-0.4, -0.2) is 18.6 Å². The fraction of sp³-hybridized carbons (Fsp3) is 0.312. The summed E-state index contributed by atoms with van der Waals surface area (Å²) in [6, 6.07) is 12.1. The van der Waals surface area contributed by atoms with E-state index in [2.05, 4.69) is 41.1 Å². The molecule has 1 aliphatic heterocycles. The highest BCUT2D eigenvalue weighted by Crippen LogP contribution is 2.37. The van der Waals surface area contributed by atoms with Crippen LogP contribution in [0.1, 0.15) is 12.5 Å². The minimum absolute atomic E-state index is 0.567. The molecule has 3 rings (SSSR count). The molecule has 2 aromatic rings. The average Bonchev–Trinajstić information content (AvgIpc) is 2.47. The Kier molecular flexibility index (Phi) is 3.22. The summed E-state index contributed by atoms with van der Waals surface area (Å²) >= 11 is 0. The number of anilines is 3. The number of aromatic nitrogens is 1. The molecule has 2 heterocycles. The third-order valence-corrected chi connectivity index (χ3v) is 3.69. The number of hydrogen-bond donors (Lipinski definition) is 1. The highest BCUT2D eigenvalue weighted by molar-refractivity contribution is 5.74. The molecule has 0 radical (unpaired) electrons. The van der Waals surface area contributed by atoms with Crippen molar-refractivity contribution in [1.29, 1.82) is 0 Å². The molecule has 2 N–H and O–H groups in total. The van der Waals surface area contributed by atoms with E-state index in [1.54, 1.807) is 13.2 Å². The van der Waals surface area contributed by atoms with Gasteiger partial charge in [-0.2, -0.15) is 4.98 Å². The lowest BCUT2D eigenvalue weighted by atomic mass is 9.94. The van der Waals surface area contributed by atoms with E-state index in [0.717, 1.165) is 18.8 Å². The smallest absolute Gasteiger partial charge is 0.215 e. The predicted octanol–water partition coefficient (Wildman–Crippen LogP) is 3.00. The van der Waals surface area contributed by atoms with Gasteiger partial charge in [0.05, 0.1) is 12.8 Å². The lowest BCUT2D eigenvalue weighted by Crippen LogP contribution is -2.31. The largest absolute Gasteiger partial charge is 0.481 e. The summed E-state index contributed by atoms with van der Waals surface area (Å²) in [6.45, 7) is 3.17. The van der Waals surface area contributed by atoms with Gasteiger partial charge in [-0.3, -0.25) is 0 Å². The number of nitrogens with two attached hydrogens (primary N) is 1. The molecule has 1 aliphatic rings. The van der Waals surface area contributed by atoms with Crippen molar-refractivity contribution >= 4 is 17.2 Å². The summed E-state index contributed by atoms with van der Waals surface area (Å²) in [5.41, 5.74) is 9.33. The first-order chi connectivity index (χ1) is 9.69. The van der Waals surface area contributed by atoms with Crippen molar-refractivity contribution in [2.24, 2.45) is 5.92 Å². The van der Waals surface area contributed by atoms with E-state index in [4.69, 9.17) is 10.5 Å². The van der Waals surface area contributed by atoms with Crippen LogP contribution in [0, 0.1) is 5.92 Å². The SMILES string of the molecule is COc1ccc(N)c(N2CC(C)Cc3ccccc32)n1. The highest BCUT2D eigenvalue weighted by atomic mass is 16.5. The Labute approximate surface area is 119 Å². The van der Waals surface area contributed by atoms with E-state index in [1.165, 1.54) is 11.3 Å². The van der Waals surface area contributed by atoms with E-state index in [0.29, 0.717) is 17.5 Å². The molecule has 1 aromatic heterocycles. The van der Waals surface area contributed by atoms with Crippen molar-refractivity contribution < 1.29 is 4.74 Å². The zero-order valence-corrected chi connectivity index (χ0v) is 11.8. The third kappa shape index (κ3) is 2.18. The molecule has 0 bridgehead atoms. The first-order valence-corrected chi connectivity index (χ1v) is 6.85. The van der Waals surface area contributed by atoms with Crippen molar-refractivity contribution in [1.82, 2.24) is 4.98 Å². The molecule has 1 aromatic carbocycles. The van der Waals surface area contributed by atoms with Gasteiger partial charge in [-0.05, 0) is 30.0 Å². The quantitative estimate of drug-likeness (QED) is 0.910. The van der Waals surface area contributed by atoms with Crippen LogP contribution in [0.2, 0.25) is 0 Å². The number of pyridine rings is 1. The van der Waals surface area contributed by atoms with Gasteiger partial charge in [0.2, 0.25) is 5.88 Å². The molecule has 104 valence electrons. The number of rotatable bonds is 2. The summed E-state index contributed by atoms with van der Waals surface area (Å²) in [7, 11) is 1.62. The average molecular weight is 269 g/mol. The summed E-state index contributed by atoms with van der Waals surface area (Å²) < 4.78 is 5.22. The number of nitrogens with zero attached hydrogens (tertiary/aromatic N) is 2. The Hall–Kier alpha value is -2.23. The summed E-state index contributed by atoms with van der Waals surface area (Å²) in [5, 5.41) is 0. The first-order valence-electron chi connectivity index (χ1n) is 6.85. The minimum atomic E-state index is 0.567. The minimum Gasteiger partial charge on any atom is -0.481 e. The summed E-state index contributed by atoms with van der Waals surface area (Å²) in [4.78, 5) is 6.72. The van der Waals surface area contributed by atoms with Crippen LogP contribution >= 0.6 is 0 Å². The Morgan fingerprint density at radius 1 is 1.25 bits per heavy atom. The summed E-state index contributed by atoms with van der Waals surface area (Å²) in [5.74, 6) is 1.94. The Bertz CT molecular complexity index is 627. The van der Waals surface area contributed by atoms with Gasteiger partial charge >= 0.3 is 0 Å². The maximum Gasteiger partial charge on any atom is 0.215 e. The molecule has 0 amide bonds. The van der Waals surface area contributed by atoms with Gasteiger partial charge in [-0.1, -0.05) is 25.1 Å². The van der Waals surface area contributed by atoms with Crippen molar-refractivity contribution in [3.05, 3.63) is 42.0 Å². The van der Waals surface area contributed by atoms with E-state index in [-0.39, 0.29) is 0 Å². The molecular formula is C16H19N3O. The Balaban J connectivity index is 2.10. The normalized spacial score (nSPS) is 17.7. The highest BCUT2D eigenvalue weighted by Gasteiger charge is 2.25. The second-order valence-corrected chi connectivity index (χ2v) is 5.32. The lowest BCUT2D eigenvalue weighted by Gasteiger charge is -2.34. The third-order valence-electron chi connectivity index (χ3n) is 3.69. The standard InChI is InChI=1S/C16H19N3O/c1-11-9-12-5-3-4-6-14(12)19(10-11)16-13(17)7-8-15(18-16)20-2/h3-8,11H,9-10,17H2,1-2H3. The molecule has 0 spiro atoms. The van der Waals surface area contributed by atoms with Gasteiger partial charge in [0, 0.05) is 18.3 Å². The Morgan fingerprint density at radius 3 is 2.85 bits per heavy atom. The van der Waals surface area contributed by atoms with Crippen molar-refractivity contribution in [3.8, 4) is 5.88 Å².